The minimum Gasteiger partial charge on any atom is -0.282 e. The molecule has 0 aromatic heterocycles. The van der Waals surface area contributed by atoms with Crippen molar-refractivity contribution in [2.45, 2.75) is 12.7 Å². The van der Waals surface area contributed by atoms with Gasteiger partial charge in [-0.3, -0.25) is 4.79 Å². The fourth-order valence-electron chi connectivity index (χ4n) is 0.790. The topological polar surface area (TPSA) is 17.1 Å². The minimum atomic E-state index is 0.0628. The maximum Gasteiger partial charge on any atom is 0.214 e. The summed E-state index contributed by atoms with van der Waals surface area (Å²) in [6.07, 6.45) is 0. The number of rotatable bonds is 3. The fraction of sp³-hybridized carbons (Fsp3) is 0.182. The first-order chi connectivity index (χ1) is 6.20. The molecule has 1 rings (SSSR count). The van der Waals surface area contributed by atoms with Gasteiger partial charge in [0.1, 0.15) is 0 Å². The zero-order valence-corrected chi connectivity index (χ0v) is 8.36. The normalized spacial score (nSPS) is 9.62. The highest BCUT2D eigenvalue weighted by molar-refractivity contribution is 8.13. The summed E-state index contributed by atoms with van der Waals surface area (Å²) < 4.78 is 0. The van der Waals surface area contributed by atoms with Crippen molar-refractivity contribution in [2.24, 2.45) is 0 Å². The van der Waals surface area contributed by atoms with Crippen LogP contribution in [0, 0.1) is 6.07 Å². The van der Waals surface area contributed by atoms with E-state index < -0.39 is 0 Å². The van der Waals surface area contributed by atoms with Crippen molar-refractivity contribution in [1.82, 2.24) is 0 Å². The molecule has 0 amide bonds. The Morgan fingerprint density at radius 2 is 2.15 bits per heavy atom. The fourth-order valence-corrected chi connectivity index (χ4v) is 1.53. The number of hydrogen-bond acceptors (Lipinski definition) is 2. The number of carbonyl (C=O) groups is 1. The molecule has 0 atom stereocenters. The predicted octanol–water partition coefficient (Wildman–Crippen LogP) is 2.82. The van der Waals surface area contributed by atoms with E-state index in [2.05, 4.69) is 12.6 Å². The lowest BCUT2D eigenvalue weighted by atomic mass is 10.2. The average Bonchev–Trinajstić information content (AvgIpc) is 2.15. The molecule has 1 nitrogen and oxygen atoms in total. The Hall–Kier alpha value is -1.02. The van der Waals surface area contributed by atoms with Crippen LogP contribution in [-0.2, 0) is 10.5 Å². The summed E-state index contributed by atoms with van der Waals surface area (Å²) in [6, 6.07) is 10.5. The Kier molecular flexibility index (Phi) is 3.77. The summed E-state index contributed by atoms with van der Waals surface area (Å²) in [6.45, 7) is 5.32. The molecular weight excluding hydrogens is 180 g/mol. The summed E-state index contributed by atoms with van der Waals surface area (Å²) >= 11 is 1.29. The number of carbonyl (C=O) groups excluding carboxylic acids is 1. The van der Waals surface area contributed by atoms with Crippen LogP contribution in [0.15, 0.2) is 36.4 Å². The van der Waals surface area contributed by atoms with E-state index in [1.807, 2.05) is 24.3 Å². The molecule has 0 heterocycles. The van der Waals surface area contributed by atoms with Crippen LogP contribution < -0.4 is 0 Å². The Morgan fingerprint density at radius 3 is 2.69 bits per heavy atom. The first-order valence-corrected chi connectivity index (χ1v) is 4.96. The van der Waals surface area contributed by atoms with Gasteiger partial charge in [-0.05, 0) is 24.1 Å². The van der Waals surface area contributed by atoms with Gasteiger partial charge in [-0.2, -0.15) is 0 Å². The van der Waals surface area contributed by atoms with Crippen LogP contribution in [0.3, 0.4) is 0 Å². The van der Waals surface area contributed by atoms with Crippen LogP contribution in [0.4, 0.5) is 0 Å². The lowest BCUT2D eigenvalue weighted by Crippen LogP contribution is -1.92. The van der Waals surface area contributed by atoms with E-state index in [0.29, 0.717) is 11.3 Å². The van der Waals surface area contributed by atoms with Crippen molar-refractivity contribution >= 4 is 16.9 Å². The molecule has 0 bridgehead atoms. The van der Waals surface area contributed by atoms with E-state index in [4.69, 9.17) is 0 Å². The molecule has 1 radical (unpaired) electrons. The molecular formula is C11H11OS. The summed E-state index contributed by atoms with van der Waals surface area (Å²) in [7, 11) is 0. The molecule has 1 aromatic carbocycles. The standard InChI is InChI=1S/C11H11OS/c1-9(2)11(12)13-8-10-6-4-3-5-7-10/h4-7H,1,8H2,2H3. The molecule has 0 spiro atoms. The van der Waals surface area contributed by atoms with Crippen molar-refractivity contribution in [2.75, 3.05) is 0 Å². The van der Waals surface area contributed by atoms with Crippen molar-refractivity contribution in [1.29, 1.82) is 0 Å². The van der Waals surface area contributed by atoms with E-state index in [0.717, 1.165) is 5.56 Å². The monoisotopic (exact) mass is 191 g/mol. The molecule has 0 aliphatic carbocycles. The quantitative estimate of drug-likeness (QED) is 0.683. The zero-order chi connectivity index (χ0) is 9.68. The summed E-state index contributed by atoms with van der Waals surface area (Å²) in [5.41, 5.74) is 1.74. The van der Waals surface area contributed by atoms with Gasteiger partial charge in [0.15, 0.2) is 0 Å². The molecule has 13 heavy (non-hydrogen) atoms. The summed E-state index contributed by atoms with van der Waals surface area (Å²) in [5, 5.41) is 0.0628. The number of hydrogen-bond donors (Lipinski definition) is 0. The van der Waals surface area contributed by atoms with E-state index in [1.165, 1.54) is 11.8 Å². The van der Waals surface area contributed by atoms with Crippen molar-refractivity contribution in [3.8, 4) is 0 Å². The first kappa shape index (κ1) is 10.1. The Morgan fingerprint density at radius 1 is 1.54 bits per heavy atom. The third-order valence-electron chi connectivity index (χ3n) is 1.51. The van der Waals surface area contributed by atoms with Crippen LogP contribution in [0.2, 0.25) is 0 Å². The highest BCUT2D eigenvalue weighted by Crippen LogP contribution is 2.15. The highest BCUT2D eigenvalue weighted by atomic mass is 32.2. The van der Waals surface area contributed by atoms with Crippen molar-refractivity contribution in [3.05, 3.63) is 48.0 Å². The van der Waals surface area contributed by atoms with Crippen molar-refractivity contribution in [3.63, 3.8) is 0 Å². The van der Waals surface area contributed by atoms with Gasteiger partial charge in [0.2, 0.25) is 5.12 Å². The smallest absolute Gasteiger partial charge is 0.214 e. The lowest BCUT2D eigenvalue weighted by molar-refractivity contribution is -0.107. The van der Waals surface area contributed by atoms with Gasteiger partial charge >= 0.3 is 0 Å². The molecule has 0 N–H and O–H groups in total. The first-order valence-electron chi connectivity index (χ1n) is 3.98. The third-order valence-corrected chi connectivity index (χ3v) is 2.59. The average molecular weight is 191 g/mol. The Bertz CT molecular complexity index is 303. The molecule has 0 saturated heterocycles. The van der Waals surface area contributed by atoms with E-state index in [9.17, 15) is 4.79 Å². The van der Waals surface area contributed by atoms with Crippen LogP contribution in [0.1, 0.15) is 12.5 Å². The maximum absolute atomic E-state index is 11.2. The Balaban J connectivity index is 2.44. The zero-order valence-electron chi connectivity index (χ0n) is 7.54. The maximum atomic E-state index is 11.2. The van der Waals surface area contributed by atoms with Gasteiger partial charge in [0, 0.05) is 5.75 Å². The largest absolute Gasteiger partial charge is 0.282 e. The van der Waals surface area contributed by atoms with Gasteiger partial charge < -0.3 is 0 Å². The summed E-state index contributed by atoms with van der Waals surface area (Å²) in [4.78, 5) is 11.2. The minimum absolute atomic E-state index is 0.0628. The predicted molar refractivity (Wildman–Crippen MR) is 56.4 cm³/mol. The molecule has 0 fully saturated rings. The van der Waals surface area contributed by atoms with Crippen LogP contribution in [0.5, 0.6) is 0 Å². The molecule has 0 aliphatic rings. The second kappa shape index (κ2) is 4.87. The molecule has 67 valence electrons. The van der Waals surface area contributed by atoms with E-state index in [1.54, 1.807) is 6.92 Å². The number of thioether (sulfide) groups is 1. The number of benzene rings is 1. The molecule has 0 saturated carbocycles. The van der Waals surface area contributed by atoms with Gasteiger partial charge in [0.25, 0.3) is 0 Å². The second-order valence-electron chi connectivity index (χ2n) is 2.76. The summed E-state index contributed by atoms with van der Waals surface area (Å²) in [5.74, 6) is 0.709. The van der Waals surface area contributed by atoms with Gasteiger partial charge in [0.05, 0.1) is 0 Å². The van der Waals surface area contributed by atoms with E-state index in [-0.39, 0.29) is 5.12 Å². The molecule has 0 unspecified atom stereocenters. The lowest BCUT2D eigenvalue weighted by Gasteiger charge is -1.99. The third kappa shape index (κ3) is 3.47. The van der Waals surface area contributed by atoms with E-state index >= 15 is 0 Å². The molecule has 0 aliphatic heterocycles. The van der Waals surface area contributed by atoms with Crippen LogP contribution in [-0.4, -0.2) is 5.12 Å². The van der Waals surface area contributed by atoms with Crippen LogP contribution in [0.25, 0.3) is 0 Å². The van der Waals surface area contributed by atoms with Crippen LogP contribution >= 0.6 is 11.8 Å². The van der Waals surface area contributed by atoms with Gasteiger partial charge in [-0.25, -0.2) is 0 Å². The highest BCUT2D eigenvalue weighted by Gasteiger charge is 2.02. The SMILES string of the molecule is C=C(C)C(=O)SCc1cc[c]cc1. The second-order valence-corrected chi connectivity index (χ2v) is 3.71. The molecule has 2 heteroatoms. The van der Waals surface area contributed by atoms with Gasteiger partial charge in [-0.15, -0.1) is 0 Å². The Labute approximate surface area is 82.9 Å². The van der Waals surface area contributed by atoms with Crippen molar-refractivity contribution < 1.29 is 4.79 Å². The molecule has 1 aromatic rings. The van der Waals surface area contributed by atoms with Gasteiger partial charge in [-0.1, -0.05) is 42.6 Å².